The zero-order valence-electron chi connectivity index (χ0n) is 17.1. The Balaban J connectivity index is 2.11. The van der Waals surface area contributed by atoms with Crippen molar-refractivity contribution in [2.75, 3.05) is 13.2 Å². The highest BCUT2D eigenvalue weighted by molar-refractivity contribution is 6.05. The van der Waals surface area contributed by atoms with Crippen molar-refractivity contribution in [1.29, 1.82) is 0 Å². The molecule has 1 unspecified atom stereocenters. The highest BCUT2D eigenvalue weighted by atomic mass is 16.7. The maximum absolute atomic E-state index is 13.4. The molecule has 0 radical (unpaired) electrons. The molecule has 30 heavy (non-hydrogen) atoms. The minimum Gasteiger partial charge on any atom is -0.462 e. The second kappa shape index (κ2) is 8.56. The Hall–Kier alpha value is -3.37. The first kappa shape index (κ1) is 19.9. The van der Waals surface area contributed by atoms with Crippen LogP contribution in [0.5, 0.6) is 5.75 Å². The van der Waals surface area contributed by atoms with Crippen LogP contribution in [0.4, 0.5) is 0 Å². The Morgan fingerprint density at radius 1 is 0.833 bits per heavy atom. The molecular weight excluding hydrogens is 376 g/mol. The van der Waals surface area contributed by atoms with Crippen LogP contribution in [0.15, 0.2) is 90.5 Å². The third-order valence-electron chi connectivity index (χ3n) is 5.03. The van der Waals surface area contributed by atoms with E-state index in [9.17, 15) is 4.79 Å². The molecule has 4 heteroatoms. The number of hydrogen-bond acceptors (Lipinski definition) is 4. The molecule has 0 N–H and O–H groups in total. The summed E-state index contributed by atoms with van der Waals surface area (Å²) < 4.78 is 18.3. The lowest BCUT2D eigenvalue weighted by Crippen LogP contribution is -2.44. The van der Waals surface area contributed by atoms with Gasteiger partial charge in [-0.1, -0.05) is 78.9 Å². The van der Waals surface area contributed by atoms with E-state index in [1.807, 2.05) is 91.9 Å². The number of fused-ring (bicyclic) bond motifs is 1. The first-order valence-corrected chi connectivity index (χ1v) is 10.2. The van der Waals surface area contributed by atoms with Crippen molar-refractivity contribution >= 4 is 11.5 Å². The third kappa shape index (κ3) is 3.40. The van der Waals surface area contributed by atoms with E-state index in [4.69, 9.17) is 14.2 Å². The summed E-state index contributed by atoms with van der Waals surface area (Å²) in [5.74, 6) is -1.22. The lowest BCUT2D eigenvalue weighted by Gasteiger charge is -2.40. The van der Waals surface area contributed by atoms with Crippen LogP contribution >= 0.6 is 0 Å². The molecule has 1 aliphatic heterocycles. The van der Waals surface area contributed by atoms with Crippen molar-refractivity contribution in [2.45, 2.75) is 19.6 Å². The molecule has 0 amide bonds. The maximum atomic E-state index is 13.4. The average molecular weight is 400 g/mol. The number of esters is 1. The molecule has 3 aromatic carbocycles. The zero-order chi connectivity index (χ0) is 21.0. The molecule has 152 valence electrons. The Kier molecular flexibility index (Phi) is 5.68. The van der Waals surface area contributed by atoms with Crippen LogP contribution in [-0.2, 0) is 20.1 Å². The molecule has 0 saturated heterocycles. The van der Waals surface area contributed by atoms with Crippen molar-refractivity contribution in [3.63, 3.8) is 0 Å². The van der Waals surface area contributed by atoms with E-state index >= 15 is 0 Å². The van der Waals surface area contributed by atoms with Gasteiger partial charge in [-0.15, -0.1) is 0 Å². The predicted molar refractivity (Wildman–Crippen MR) is 116 cm³/mol. The van der Waals surface area contributed by atoms with Gasteiger partial charge in [0.05, 0.1) is 6.61 Å². The van der Waals surface area contributed by atoms with Gasteiger partial charge < -0.3 is 14.2 Å². The van der Waals surface area contributed by atoms with Crippen LogP contribution < -0.4 is 4.74 Å². The predicted octanol–water partition coefficient (Wildman–Crippen LogP) is 5.33. The number of ether oxygens (including phenoxy) is 3. The van der Waals surface area contributed by atoms with Gasteiger partial charge in [-0.2, -0.15) is 0 Å². The molecule has 0 aromatic heterocycles. The molecule has 0 fully saturated rings. The molecule has 1 heterocycles. The minimum atomic E-state index is -1.41. The quantitative estimate of drug-likeness (QED) is 0.525. The zero-order valence-corrected chi connectivity index (χ0v) is 17.1. The molecule has 3 aromatic rings. The van der Waals surface area contributed by atoms with Gasteiger partial charge in [-0.3, -0.25) is 0 Å². The second-order valence-electron chi connectivity index (χ2n) is 6.85. The maximum Gasteiger partial charge on any atom is 0.341 e. The lowest BCUT2D eigenvalue weighted by molar-refractivity contribution is -0.175. The van der Waals surface area contributed by atoms with Gasteiger partial charge in [0.15, 0.2) is 0 Å². The molecule has 4 nitrogen and oxygen atoms in total. The summed E-state index contributed by atoms with van der Waals surface area (Å²) in [6, 6.07) is 27.1. The van der Waals surface area contributed by atoms with E-state index in [1.165, 1.54) is 0 Å². The first-order valence-electron chi connectivity index (χ1n) is 10.2. The summed E-state index contributed by atoms with van der Waals surface area (Å²) in [4.78, 5) is 13.4. The summed E-state index contributed by atoms with van der Waals surface area (Å²) in [6.45, 7) is 4.29. The minimum absolute atomic E-state index is 0.253. The third-order valence-corrected chi connectivity index (χ3v) is 5.03. The van der Waals surface area contributed by atoms with Gasteiger partial charge >= 0.3 is 5.97 Å². The molecule has 4 rings (SSSR count). The van der Waals surface area contributed by atoms with Gasteiger partial charge in [0, 0.05) is 23.3 Å². The smallest absolute Gasteiger partial charge is 0.341 e. The van der Waals surface area contributed by atoms with Crippen molar-refractivity contribution in [3.8, 4) is 5.75 Å². The Morgan fingerprint density at radius 2 is 1.47 bits per heavy atom. The topological polar surface area (TPSA) is 44.8 Å². The number of rotatable bonds is 6. The Labute approximate surface area is 176 Å². The molecule has 0 spiro atoms. The second-order valence-corrected chi connectivity index (χ2v) is 6.85. The van der Waals surface area contributed by atoms with Gasteiger partial charge in [0.25, 0.3) is 5.79 Å². The number of hydrogen-bond donors (Lipinski definition) is 0. The standard InChI is InChI=1S/C26H24O4/c1-3-28-25(27)24-23(19-13-7-5-8-14-19)21-17-11-12-18-22(21)30-26(24,29-4-2)20-15-9-6-10-16-20/h5-18H,3-4H2,1-2H3. The monoisotopic (exact) mass is 400 g/mol. The lowest BCUT2D eigenvalue weighted by atomic mass is 9.83. The number of carbonyl (C=O) groups is 1. The van der Waals surface area contributed by atoms with Crippen LogP contribution in [-0.4, -0.2) is 19.2 Å². The van der Waals surface area contributed by atoms with Crippen LogP contribution in [0.2, 0.25) is 0 Å². The molecule has 0 saturated carbocycles. The highest BCUT2D eigenvalue weighted by Crippen LogP contribution is 2.49. The van der Waals surface area contributed by atoms with Gasteiger partial charge in [-0.05, 0) is 25.5 Å². The van der Waals surface area contributed by atoms with E-state index in [-0.39, 0.29) is 6.61 Å². The van der Waals surface area contributed by atoms with E-state index in [0.29, 0.717) is 17.9 Å². The Morgan fingerprint density at radius 3 is 2.13 bits per heavy atom. The van der Waals surface area contributed by atoms with E-state index in [1.54, 1.807) is 6.92 Å². The normalized spacial score (nSPS) is 17.8. The van der Waals surface area contributed by atoms with Crippen LogP contribution in [0.1, 0.15) is 30.5 Å². The number of para-hydroxylation sites is 1. The van der Waals surface area contributed by atoms with E-state index < -0.39 is 11.8 Å². The summed E-state index contributed by atoms with van der Waals surface area (Å²) >= 11 is 0. The number of benzene rings is 3. The molecule has 1 atom stereocenters. The van der Waals surface area contributed by atoms with Gasteiger partial charge in [0.1, 0.15) is 11.3 Å². The van der Waals surface area contributed by atoms with E-state index in [0.717, 1.165) is 22.3 Å². The van der Waals surface area contributed by atoms with Crippen LogP contribution in [0, 0.1) is 0 Å². The molecule has 1 aliphatic rings. The van der Waals surface area contributed by atoms with Crippen LogP contribution in [0.3, 0.4) is 0 Å². The largest absolute Gasteiger partial charge is 0.462 e. The fourth-order valence-corrected chi connectivity index (χ4v) is 3.86. The molecule has 0 bridgehead atoms. The van der Waals surface area contributed by atoms with Crippen molar-refractivity contribution in [2.24, 2.45) is 0 Å². The average Bonchev–Trinajstić information content (AvgIpc) is 2.79. The highest BCUT2D eigenvalue weighted by Gasteiger charge is 2.50. The number of carbonyl (C=O) groups excluding carboxylic acids is 1. The van der Waals surface area contributed by atoms with Gasteiger partial charge in [-0.25, -0.2) is 4.79 Å². The summed E-state index contributed by atoms with van der Waals surface area (Å²) in [6.07, 6.45) is 0. The fourth-order valence-electron chi connectivity index (χ4n) is 3.86. The van der Waals surface area contributed by atoms with Crippen LogP contribution in [0.25, 0.3) is 5.57 Å². The summed E-state index contributed by atoms with van der Waals surface area (Å²) in [5.41, 5.74) is 3.57. The summed E-state index contributed by atoms with van der Waals surface area (Å²) in [5, 5.41) is 0. The van der Waals surface area contributed by atoms with Gasteiger partial charge in [0.2, 0.25) is 0 Å². The molecular formula is C26H24O4. The Bertz CT molecular complexity index is 1060. The van der Waals surface area contributed by atoms with Crippen molar-refractivity contribution in [3.05, 3.63) is 107 Å². The first-order chi connectivity index (χ1) is 14.7. The van der Waals surface area contributed by atoms with Crippen molar-refractivity contribution < 1.29 is 19.0 Å². The fraction of sp³-hybridized carbons (Fsp3) is 0.192. The summed E-state index contributed by atoms with van der Waals surface area (Å²) in [7, 11) is 0. The molecule has 0 aliphatic carbocycles. The van der Waals surface area contributed by atoms with Crippen molar-refractivity contribution in [1.82, 2.24) is 0 Å². The van der Waals surface area contributed by atoms with E-state index in [2.05, 4.69) is 0 Å². The SMILES string of the molecule is CCOC(=O)C1=C(c2ccccc2)c2ccccc2OC1(OCC)c1ccccc1.